The van der Waals surface area contributed by atoms with E-state index >= 15 is 0 Å². The van der Waals surface area contributed by atoms with Crippen molar-refractivity contribution in [2.45, 2.75) is 12.8 Å². The van der Waals surface area contributed by atoms with Gasteiger partial charge in [0.2, 0.25) is 0 Å². The van der Waals surface area contributed by atoms with Gasteiger partial charge in [0.15, 0.2) is 11.5 Å². The number of thiophene rings is 1. The van der Waals surface area contributed by atoms with Gasteiger partial charge in [-0.15, -0.1) is 15.3 Å². The first-order valence-corrected chi connectivity index (χ1v) is 9.95. The van der Waals surface area contributed by atoms with E-state index in [-0.39, 0.29) is 5.82 Å². The first-order chi connectivity index (χ1) is 13.3. The lowest BCUT2D eigenvalue weighted by atomic mass is 9.99. The van der Waals surface area contributed by atoms with Crippen LogP contribution in [-0.2, 0) is 6.42 Å². The van der Waals surface area contributed by atoms with Gasteiger partial charge in [0, 0.05) is 24.0 Å². The molecule has 1 saturated heterocycles. The summed E-state index contributed by atoms with van der Waals surface area (Å²) in [5.74, 6) is 2.08. The summed E-state index contributed by atoms with van der Waals surface area (Å²) >= 11 is 1.64. The van der Waals surface area contributed by atoms with Crippen LogP contribution in [0.4, 0.5) is 10.2 Å². The average molecular weight is 379 g/mol. The molecule has 0 aliphatic carbocycles. The average Bonchev–Trinajstić information content (AvgIpc) is 3.43. The SMILES string of the molecule is Fc1ccc(CC2CCN(c3ccc4nnc(-c5ccsc5)n4n3)C2)cc1. The molecule has 1 aliphatic rings. The molecule has 1 atom stereocenters. The van der Waals surface area contributed by atoms with Gasteiger partial charge in [-0.25, -0.2) is 4.39 Å². The Labute approximate surface area is 160 Å². The second-order valence-electron chi connectivity index (χ2n) is 6.93. The van der Waals surface area contributed by atoms with Gasteiger partial charge < -0.3 is 4.90 Å². The number of nitrogens with zero attached hydrogens (tertiary/aromatic N) is 5. The molecule has 3 aromatic heterocycles. The minimum absolute atomic E-state index is 0.181. The van der Waals surface area contributed by atoms with Crippen LogP contribution < -0.4 is 4.90 Å². The Morgan fingerprint density at radius 1 is 1.07 bits per heavy atom. The van der Waals surface area contributed by atoms with Gasteiger partial charge in [-0.1, -0.05) is 12.1 Å². The summed E-state index contributed by atoms with van der Waals surface area (Å²) < 4.78 is 14.9. The van der Waals surface area contributed by atoms with Crippen LogP contribution in [0.1, 0.15) is 12.0 Å². The summed E-state index contributed by atoms with van der Waals surface area (Å²) in [6, 6.07) is 12.9. The van der Waals surface area contributed by atoms with Crippen molar-refractivity contribution in [1.29, 1.82) is 0 Å². The number of fused-ring (bicyclic) bond motifs is 1. The van der Waals surface area contributed by atoms with Crippen molar-refractivity contribution < 1.29 is 4.39 Å². The highest BCUT2D eigenvalue weighted by Crippen LogP contribution is 2.26. The molecule has 0 spiro atoms. The Balaban J connectivity index is 1.36. The van der Waals surface area contributed by atoms with Gasteiger partial charge >= 0.3 is 0 Å². The maximum atomic E-state index is 13.1. The van der Waals surface area contributed by atoms with Crippen LogP contribution in [0.5, 0.6) is 0 Å². The molecule has 4 aromatic rings. The third-order valence-electron chi connectivity index (χ3n) is 5.08. The normalized spacial score (nSPS) is 17.1. The van der Waals surface area contributed by atoms with E-state index in [0.717, 1.165) is 48.8 Å². The molecule has 27 heavy (non-hydrogen) atoms. The van der Waals surface area contributed by atoms with E-state index in [9.17, 15) is 4.39 Å². The summed E-state index contributed by atoms with van der Waals surface area (Å²) in [6.45, 7) is 1.92. The molecular formula is C20H18FN5S. The van der Waals surface area contributed by atoms with Crippen LogP contribution in [-0.4, -0.2) is 32.9 Å². The molecule has 4 heterocycles. The molecule has 7 heteroatoms. The number of aromatic nitrogens is 4. The zero-order valence-corrected chi connectivity index (χ0v) is 15.4. The van der Waals surface area contributed by atoms with Gasteiger partial charge in [0.25, 0.3) is 0 Å². The molecule has 0 amide bonds. The molecular weight excluding hydrogens is 361 g/mol. The zero-order valence-electron chi connectivity index (χ0n) is 14.6. The molecule has 1 aliphatic heterocycles. The van der Waals surface area contributed by atoms with Gasteiger partial charge in [-0.3, -0.25) is 0 Å². The summed E-state index contributed by atoms with van der Waals surface area (Å²) in [5.41, 5.74) is 2.97. The predicted molar refractivity (Wildman–Crippen MR) is 105 cm³/mol. The standard InChI is InChI=1S/C20H18FN5S/c21-17-3-1-14(2-4-17)11-15-7-9-25(12-15)19-6-5-18-22-23-20(26(18)24-19)16-8-10-27-13-16/h1-6,8,10,13,15H,7,9,11-12H2. The minimum Gasteiger partial charge on any atom is -0.355 e. The van der Waals surface area contributed by atoms with E-state index < -0.39 is 0 Å². The smallest absolute Gasteiger partial charge is 0.186 e. The third-order valence-corrected chi connectivity index (χ3v) is 5.76. The molecule has 1 fully saturated rings. The molecule has 0 bridgehead atoms. The first kappa shape index (κ1) is 16.4. The monoisotopic (exact) mass is 379 g/mol. The molecule has 136 valence electrons. The molecule has 1 unspecified atom stereocenters. The summed E-state index contributed by atoms with van der Waals surface area (Å²) in [6.07, 6.45) is 2.07. The van der Waals surface area contributed by atoms with E-state index in [1.165, 1.54) is 17.7 Å². The highest BCUT2D eigenvalue weighted by molar-refractivity contribution is 7.08. The number of hydrogen-bond donors (Lipinski definition) is 0. The van der Waals surface area contributed by atoms with E-state index in [0.29, 0.717) is 5.92 Å². The van der Waals surface area contributed by atoms with Crippen LogP contribution in [0.25, 0.3) is 17.0 Å². The van der Waals surface area contributed by atoms with Crippen molar-refractivity contribution in [2.75, 3.05) is 18.0 Å². The second-order valence-corrected chi connectivity index (χ2v) is 7.71. The van der Waals surface area contributed by atoms with E-state index in [2.05, 4.69) is 20.5 Å². The van der Waals surface area contributed by atoms with Crippen molar-refractivity contribution in [3.63, 3.8) is 0 Å². The second kappa shape index (κ2) is 6.74. The Kier molecular flexibility index (Phi) is 4.09. The predicted octanol–water partition coefficient (Wildman–Crippen LogP) is 4.06. The molecule has 5 nitrogen and oxygen atoms in total. The number of halogens is 1. The lowest BCUT2D eigenvalue weighted by Gasteiger charge is -2.17. The number of rotatable bonds is 4. The highest BCUT2D eigenvalue weighted by atomic mass is 32.1. The van der Waals surface area contributed by atoms with Crippen LogP contribution in [0.2, 0.25) is 0 Å². The van der Waals surface area contributed by atoms with Crippen molar-refractivity contribution in [3.05, 3.63) is 64.6 Å². The van der Waals surface area contributed by atoms with Crippen molar-refractivity contribution in [3.8, 4) is 11.4 Å². The van der Waals surface area contributed by atoms with Gasteiger partial charge in [0.1, 0.15) is 11.6 Å². The number of anilines is 1. The summed E-state index contributed by atoms with van der Waals surface area (Å²) in [4.78, 5) is 2.31. The lowest BCUT2D eigenvalue weighted by Crippen LogP contribution is -2.22. The quantitative estimate of drug-likeness (QED) is 0.536. The Bertz CT molecular complexity index is 1060. The van der Waals surface area contributed by atoms with Crippen molar-refractivity contribution in [2.24, 2.45) is 5.92 Å². The minimum atomic E-state index is -0.181. The lowest BCUT2D eigenvalue weighted by molar-refractivity contribution is 0.583. The third kappa shape index (κ3) is 3.19. The maximum absolute atomic E-state index is 13.1. The number of benzene rings is 1. The Hall–Kier alpha value is -2.80. The topological polar surface area (TPSA) is 46.3 Å². The molecule has 0 saturated carbocycles. The van der Waals surface area contributed by atoms with Gasteiger partial charge in [0.05, 0.1) is 0 Å². The summed E-state index contributed by atoms with van der Waals surface area (Å²) in [7, 11) is 0. The number of hydrogen-bond acceptors (Lipinski definition) is 5. The van der Waals surface area contributed by atoms with E-state index in [1.54, 1.807) is 11.3 Å². The molecule has 1 aromatic carbocycles. The molecule has 0 radical (unpaired) electrons. The Morgan fingerprint density at radius 3 is 2.78 bits per heavy atom. The summed E-state index contributed by atoms with van der Waals surface area (Å²) in [5, 5.41) is 17.4. The molecule has 0 N–H and O–H groups in total. The fourth-order valence-corrected chi connectivity index (χ4v) is 4.32. The van der Waals surface area contributed by atoms with Crippen LogP contribution >= 0.6 is 11.3 Å². The van der Waals surface area contributed by atoms with E-state index in [1.807, 2.05) is 40.2 Å². The van der Waals surface area contributed by atoms with Crippen LogP contribution in [0.3, 0.4) is 0 Å². The fraction of sp³-hybridized carbons (Fsp3) is 0.250. The van der Waals surface area contributed by atoms with Crippen molar-refractivity contribution >= 4 is 22.8 Å². The van der Waals surface area contributed by atoms with Crippen molar-refractivity contribution in [1.82, 2.24) is 19.8 Å². The first-order valence-electron chi connectivity index (χ1n) is 9.01. The van der Waals surface area contributed by atoms with E-state index in [4.69, 9.17) is 5.10 Å². The highest BCUT2D eigenvalue weighted by Gasteiger charge is 2.24. The maximum Gasteiger partial charge on any atom is 0.186 e. The Morgan fingerprint density at radius 2 is 1.96 bits per heavy atom. The molecule has 5 rings (SSSR count). The fourth-order valence-electron chi connectivity index (χ4n) is 3.68. The zero-order chi connectivity index (χ0) is 18.2. The largest absolute Gasteiger partial charge is 0.355 e. The van der Waals surface area contributed by atoms with Crippen LogP contribution in [0.15, 0.2) is 53.2 Å². The van der Waals surface area contributed by atoms with Gasteiger partial charge in [-0.05, 0) is 60.0 Å². The van der Waals surface area contributed by atoms with Crippen LogP contribution in [0, 0.1) is 11.7 Å². The van der Waals surface area contributed by atoms with Gasteiger partial charge in [-0.2, -0.15) is 15.9 Å².